The molecular formula is C40H47ClN4O7. The van der Waals surface area contributed by atoms with Gasteiger partial charge in [-0.15, -0.1) is 0 Å². The molecule has 0 radical (unpaired) electrons. The van der Waals surface area contributed by atoms with Gasteiger partial charge in [0.1, 0.15) is 36.5 Å². The minimum Gasteiger partial charge on any atom is -0.493 e. The van der Waals surface area contributed by atoms with Gasteiger partial charge in [0, 0.05) is 55.8 Å². The predicted molar refractivity (Wildman–Crippen MR) is 198 cm³/mol. The van der Waals surface area contributed by atoms with Crippen LogP contribution in [0.5, 0.6) is 17.2 Å². The zero-order chi connectivity index (χ0) is 37.1. The second-order valence-corrected chi connectivity index (χ2v) is 13.6. The first kappa shape index (κ1) is 39.0. The molecular weight excluding hydrogens is 684 g/mol. The zero-order valence-corrected chi connectivity index (χ0v) is 30.4. The van der Waals surface area contributed by atoms with Crippen LogP contribution in [0.4, 0.5) is 0 Å². The fourth-order valence-corrected chi connectivity index (χ4v) is 6.42. The highest BCUT2D eigenvalue weighted by molar-refractivity contribution is 6.32. The van der Waals surface area contributed by atoms with E-state index in [9.17, 15) is 25.7 Å². The quantitative estimate of drug-likeness (QED) is 0.0904. The highest BCUT2D eigenvalue weighted by Crippen LogP contribution is 2.36. The molecule has 0 amide bonds. The Morgan fingerprint density at radius 3 is 2.35 bits per heavy atom. The molecule has 3 aromatic carbocycles. The Balaban J connectivity index is 1.32. The molecule has 0 spiro atoms. The van der Waals surface area contributed by atoms with Gasteiger partial charge in [-0.3, -0.25) is 4.98 Å². The normalized spacial score (nSPS) is 14.7. The number of pyridine rings is 1. The highest BCUT2D eigenvalue weighted by Gasteiger charge is 2.28. The summed E-state index contributed by atoms with van der Waals surface area (Å²) in [5.74, 6) is 1.66. The first-order chi connectivity index (χ1) is 25.2. The average Bonchev–Trinajstić information content (AvgIpc) is 3.59. The van der Waals surface area contributed by atoms with E-state index in [-0.39, 0.29) is 25.9 Å². The topological polar surface area (TPSA) is 161 Å². The van der Waals surface area contributed by atoms with Crippen molar-refractivity contribution in [1.82, 2.24) is 15.2 Å². The lowest BCUT2D eigenvalue weighted by Gasteiger charge is -2.29. The molecule has 0 saturated carbocycles. The standard InChI is InChI=1S/C40H47ClN4O7/c1-27-31(6-3-7-34(27)35-8-4-9-37(28(35)2)50-13-5-11-45-12-10-33(49)21-45)23-52-39-16-38(51-22-30-14-29(17-42)18-43-19-30)32(15-36(39)41)20-44-40(24-46,25-47)26-48/h3-4,6-9,14-16,18-19,33,44,46-49H,5,10-13,20-26H2,1-2H3/t33-/m1/s1. The van der Waals surface area contributed by atoms with Gasteiger partial charge in [0.25, 0.3) is 0 Å². The third kappa shape index (κ3) is 9.79. The molecule has 11 nitrogen and oxygen atoms in total. The molecule has 12 heteroatoms. The van der Waals surface area contributed by atoms with Crippen molar-refractivity contribution in [2.45, 2.75) is 58.1 Å². The van der Waals surface area contributed by atoms with E-state index in [4.69, 9.17) is 25.8 Å². The minimum atomic E-state index is -1.31. The lowest BCUT2D eigenvalue weighted by atomic mass is 9.93. The number of rotatable bonds is 18. The molecule has 5 N–H and O–H groups in total. The fraction of sp³-hybridized carbons (Fsp3) is 0.400. The molecule has 276 valence electrons. The summed E-state index contributed by atoms with van der Waals surface area (Å²) < 4.78 is 18.7. The van der Waals surface area contributed by atoms with Gasteiger partial charge in [0.15, 0.2) is 0 Å². The minimum absolute atomic E-state index is 0.105. The van der Waals surface area contributed by atoms with Crippen molar-refractivity contribution in [3.63, 3.8) is 0 Å². The third-order valence-electron chi connectivity index (χ3n) is 9.52. The molecule has 0 aliphatic carbocycles. The van der Waals surface area contributed by atoms with Crippen LogP contribution in [0.25, 0.3) is 11.1 Å². The van der Waals surface area contributed by atoms with E-state index in [1.54, 1.807) is 24.4 Å². The summed E-state index contributed by atoms with van der Waals surface area (Å²) in [6, 6.07) is 19.3. The van der Waals surface area contributed by atoms with Crippen molar-refractivity contribution in [1.29, 1.82) is 5.26 Å². The van der Waals surface area contributed by atoms with Gasteiger partial charge in [-0.25, -0.2) is 0 Å². The van der Waals surface area contributed by atoms with Gasteiger partial charge in [-0.05, 0) is 72.7 Å². The maximum atomic E-state index is 9.82. The van der Waals surface area contributed by atoms with Crippen LogP contribution >= 0.6 is 11.6 Å². The van der Waals surface area contributed by atoms with E-state index in [1.807, 2.05) is 24.3 Å². The monoisotopic (exact) mass is 730 g/mol. The number of nitrogens with one attached hydrogen (secondary N) is 1. The van der Waals surface area contributed by atoms with Crippen LogP contribution in [0.1, 0.15) is 46.2 Å². The van der Waals surface area contributed by atoms with Crippen molar-refractivity contribution in [3.05, 3.63) is 105 Å². The van der Waals surface area contributed by atoms with E-state index < -0.39 is 25.4 Å². The molecule has 1 aliphatic heterocycles. The van der Waals surface area contributed by atoms with Crippen LogP contribution in [0.3, 0.4) is 0 Å². The number of hydrogen-bond acceptors (Lipinski definition) is 11. The molecule has 1 aromatic heterocycles. The van der Waals surface area contributed by atoms with Gasteiger partial charge in [-0.2, -0.15) is 5.26 Å². The van der Waals surface area contributed by atoms with E-state index >= 15 is 0 Å². The van der Waals surface area contributed by atoms with E-state index in [0.717, 1.165) is 66.0 Å². The zero-order valence-electron chi connectivity index (χ0n) is 29.6. The van der Waals surface area contributed by atoms with Crippen molar-refractivity contribution in [2.75, 3.05) is 46.1 Å². The van der Waals surface area contributed by atoms with Gasteiger partial charge in [0.05, 0.1) is 48.7 Å². The van der Waals surface area contributed by atoms with Gasteiger partial charge in [0.2, 0.25) is 0 Å². The van der Waals surface area contributed by atoms with E-state index in [0.29, 0.717) is 39.8 Å². The van der Waals surface area contributed by atoms with Gasteiger partial charge >= 0.3 is 0 Å². The number of aliphatic hydroxyl groups excluding tert-OH is 4. The number of hydrogen-bond donors (Lipinski definition) is 5. The van der Waals surface area contributed by atoms with Crippen LogP contribution in [-0.4, -0.2) is 88.0 Å². The molecule has 5 rings (SSSR count). The van der Waals surface area contributed by atoms with Crippen molar-refractivity contribution in [2.24, 2.45) is 0 Å². The van der Waals surface area contributed by atoms with E-state index in [1.165, 1.54) is 6.20 Å². The number of nitrogens with zero attached hydrogens (tertiary/aromatic N) is 3. The SMILES string of the molecule is Cc1c(COc2cc(OCc3cncc(C#N)c3)c(CNC(CO)(CO)CO)cc2Cl)cccc1-c1cccc(OCCCN2CC[C@@H](O)C2)c1C. The average molecular weight is 731 g/mol. The summed E-state index contributed by atoms with van der Waals surface area (Å²) in [4.78, 5) is 6.38. The van der Waals surface area contributed by atoms with Crippen molar-refractivity contribution >= 4 is 11.6 Å². The second-order valence-electron chi connectivity index (χ2n) is 13.2. The Morgan fingerprint density at radius 2 is 1.63 bits per heavy atom. The summed E-state index contributed by atoms with van der Waals surface area (Å²) in [5, 5.41) is 51.9. The fourth-order valence-electron chi connectivity index (χ4n) is 6.18. The lowest BCUT2D eigenvalue weighted by molar-refractivity contribution is 0.0412. The summed E-state index contributed by atoms with van der Waals surface area (Å²) in [6.07, 6.45) is 4.59. The highest BCUT2D eigenvalue weighted by atomic mass is 35.5. The Bertz CT molecular complexity index is 1840. The number of halogens is 1. The van der Waals surface area contributed by atoms with Crippen LogP contribution in [0.15, 0.2) is 67.0 Å². The molecule has 1 fully saturated rings. The van der Waals surface area contributed by atoms with Crippen LogP contribution in [-0.2, 0) is 19.8 Å². The first-order valence-corrected chi connectivity index (χ1v) is 17.8. The summed E-state index contributed by atoms with van der Waals surface area (Å²) >= 11 is 6.75. The Labute approximate surface area is 310 Å². The number of benzene rings is 3. The Hall–Kier alpha value is -4.25. The number of likely N-dealkylation sites (tertiary alicyclic amines) is 1. The number of β-amino-alcohol motifs (C(OH)–C–C–N with tert-alkyl or cyclic N) is 1. The largest absolute Gasteiger partial charge is 0.493 e. The second kappa shape index (κ2) is 18.5. The predicted octanol–water partition coefficient (Wildman–Crippen LogP) is 4.69. The van der Waals surface area contributed by atoms with Crippen LogP contribution in [0.2, 0.25) is 5.02 Å². The molecule has 0 unspecified atom stereocenters. The lowest BCUT2D eigenvalue weighted by Crippen LogP contribution is -2.54. The Morgan fingerprint density at radius 1 is 0.904 bits per heavy atom. The van der Waals surface area contributed by atoms with Crippen molar-refractivity contribution < 1.29 is 34.6 Å². The maximum absolute atomic E-state index is 9.82. The number of ether oxygens (including phenoxy) is 3. The summed E-state index contributed by atoms with van der Waals surface area (Å²) in [7, 11) is 0. The maximum Gasteiger partial charge on any atom is 0.142 e. The molecule has 1 atom stereocenters. The molecule has 52 heavy (non-hydrogen) atoms. The van der Waals surface area contributed by atoms with Gasteiger partial charge in [-0.1, -0.05) is 41.9 Å². The van der Waals surface area contributed by atoms with Crippen molar-refractivity contribution in [3.8, 4) is 34.4 Å². The van der Waals surface area contributed by atoms with Gasteiger partial charge < -0.3 is 44.9 Å². The summed E-state index contributed by atoms with van der Waals surface area (Å²) in [6.45, 7) is 6.28. The summed E-state index contributed by atoms with van der Waals surface area (Å²) in [5.41, 5.74) is 5.61. The molecule has 0 bridgehead atoms. The number of aliphatic hydroxyl groups is 4. The van der Waals surface area contributed by atoms with E-state index in [2.05, 4.69) is 47.3 Å². The number of nitriles is 1. The first-order valence-electron chi connectivity index (χ1n) is 17.4. The molecule has 4 aromatic rings. The Kier molecular flexibility index (Phi) is 13.9. The molecule has 1 aliphatic rings. The van der Waals surface area contributed by atoms with Crippen LogP contribution < -0.4 is 19.5 Å². The third-order valence-corrected chi connectivity index (χ3v) is 9.82. The smallest absolute Gasteiger partial charge is 0.142 e. The number of aromatic nitrogens is 1. The molecule has 1 saturated heterocycles. The van der Waals surface area contributed by atoms with Crippen LogP contribution in [0, 0.1) is 25.2 Å². The molecule has 2 heterocycles.